The van der Waals surface area contributed by atoms with Crippen LogP contribution in [0, 0.1) is 0 Å². The first kappa shape index (κ1) is 12.6. The fourth-order valence-electron chi connectivity index (χ4n) is 0.950. The van der Waals surface area contributed by atoms with E-state index in [0.29, 0.717) is 11.4 Å². The normalized spacial score (nSPS) is 10.0. The van der Waals surface area contributed by atoms with Gasteiger partial charge in [-0.1, -0.05) is 10.2 Å². The molecule has 0 aliphatic rings. The van der Waals surface area contributed by atoms with Gasteiger partial charge in [-0.05, 0) is 24.3 Å². The molecule has 7 heteroatoms. The lowest BCUT2D eigenvalue weighted by Gasteiger charge is -2.02. The van der Waals surface area contributed by atoms with Crippen molar-refractivity contribution in [2.75, 3.05) is 19.5 Å². The summed E-state index contributed by atoms with van der Waals surface area (Å²) < 4.78 is 9.14. The smallest absolute Gasteiger partial charge is 0.452 e. The van der Waals surface area contributed by atoms with E-state index in [4.69, 9.17) is 4.74 Å². The first-order valence-corrected chi connectivity index (χ1v) is 4.60. The molecule has 0 heterocycles. The maximum Gasteiger partial charge on any atom is 0.452 e. The third kappa shape index (κ3) is 4.29. The second-order valence-corrected chi connectivity index (χ2v) is 2.83. The van der Waals surface area contributed by atoms with Crippen molar-refractivity contribution in [2.24, 2.45) is 10.2 Å². The van der Waals surface area contributed by atoms with Gasteiger partial charge >= 0.3 is 12.1 Å². The molecule has 0 unspecified atom stereocenters. The summed E-state index contributed by atoms with van der Waals surface area (Å²) in [7, 11) is 2.68. The van der Waals surface area contributed by atoms with Gasteiger partial charge in [-0.2, -0.15) is 0 Å². The van der Waals surface area contributed by atoms with E-state index in [1.165, 1.54) is 7.11 Å². The molecule has 3 amide bonds. The second-order valence-electron chi connectivity index (χ2n) is 2.83. The lowest BCUT2D eigenvalue weighted by molar-refractivity contribution is 0.180. The highest BCUT2D eigenvalue weighted by Gasteiger charge is 2.02. The van der Waals surface area contributed by atoms with Crippen LogP contribution in [0.3, 0.4) is 0 Å². The minimum absolute atomic E-state index is 0.514. The van der Waals surface area contributed by atoms with Gasteiger partial charge in [0.25, 0.3) is 0 Å². The van der Waals surface area contributed by atoms with Gasteiger partial charge in [0.05, 0.1) is 14.2 Å². The van der Waals surface area contributed by atoms with E-state index in [9.17, 15) is 9.59 Å². The molecular weight excluding hydrogens is 226 g/mol. The molecule has 1 aromatic carbocycles. The maximum absolute atomic E-state index is 11.2. The molecule has 7 nitrogen and oxygen atoms in total. The molecular formula is C10H11N3O4. The number of rotatable bonds is 2. The number of methoxy groups -OCH3 is 2. The van der Waals surface area contributed by atoms with Crippen molar-refractivity contribution in [1.29, 1.82) is 0 Å². The number of nitrogens with one attached hydrogen (secondary N) is 1. The fraction of sp³-hybridized carbons (Fsp3) is 0.200. The minimum Gasteiger partial charge on any atom is -0.497 e. The first-order chi connectivity index (χ1) is 8.15. The number of anilines is 1. The Kier molecular flexibility index (Phi) is 4.61. The lowest BCUT2D eigenvalue weighted by atomic mass is 10.3. The monoisotopic (exact) mass is 237 g/mol. The summed E-state index contributed by atoms with van der Waals surface area (Å²) in [5.41, 5.74) is 0.514. The Bertz CT molecular complexity index is 428. The summed E-state index contributed by atoms with van der Waals surface area (Å²) in [6.07, 6.45) is -0.935. The predicted octanol–water partition coefficient (Wildman–Crippen LogP) is 2.45. The Balaban J connectivity index is 2.56. The first-order valence-electron chi connectivity index (χ1n) is 4.60. The largest absolute Gasteiger partial charge is 0.497 e. The fourth-order valence-corrected chi connectivity index (χ4v) is 0.950. The van der Waals surface area contributed by atoms with E-state index in [-0.39, 0.29) is 0 Å². The van der Waals surface area contributed by atoms with Crippen LogP contribution in [0.5, 0.6) is 5.75 Å². The average Bonchev–Trinajstić information content (AvgIpc) is 2.36. The number of benzene rings is 1. The Morgan fingerprint density at radius 1 is 1.12 bits per heavy atom. The molecule has 0 bridgehead atoms. The van der Waals surface area contributed by atoms with Crippen molar-refractivity contribution in [3.05, 3.63) is 24.3 Å². The van der Waals surface area contributed by atoms with Crippen molar-refractivity contribution >= 4 is 17.8 Å². The molecule has 1 aromatic rings. The molecule has 0 radical (unpaired) electrons. The third-order valence-corrected chi connectivity index (χ3v) is 1.74. The zero-order valence-corrected chi connectivity index (χ0v) is 9.34. The van der Waals surface area contributed by atoms with Crippen LogP contribution < -0.4 is 10.1 Å². The van der Waals surface area contributed by atoms with Crippen LogP contribution in [-0.2, 0) is 4.74 Å². The van der Waals surface area contributed by atoms with Crippen LogP contribution >= 0.6 is 0 Å². The van der Waals surface area contributed by atoms with Crippen molar-refractivity contribution < 1.29 is 19.1 Å². The van der Waals surface area contributed by atoms with Crippen LogP contribution in [0.1, 0.15) is 0 Å². The topological polar surface area (TPSA) is 89.4 Å². The molecule has 0 spiro atoms. The number of nitrogens with zero attached hydrogens (tertiary/aromatic N) is 2. The number of ether oxygens (including phenoxy) is 2. The number of azo groups is 1. The third-order valence-electron chi connectivity index (χ3n) is 1.74. The zero-order chi connectivity index (χ0) is 12.7. The second kappa shape index (κ2) is 6.21. The molecule has 1 rings (SSSR count). The van der Waals surface area contributed by atoms with Gasteiger partial charge in [-0.25, -0.2) is 9.59 Å². The van der Waals surface area contributed by atoms with Gasteiger partial charge in [0.2, 0.25) is 0 Å². The van der Waals surface area contributed by atoms with Crippen molar-refractivity contribution in [1.82, 2.24) is 0 Å². The lowest BCUT2D eigenvalue weighted by Crippen LogP contribution is -2.06. The Morgan fingerprint density at radius 3 is 2.29 bits per heavy atom. The van der Waals surface area contributed by atoms with Crippen LogP contribution in [0.4, 0.5) is 15.3 Å². The molecule has 0 fully saturated rings. The number of urea groups is 1. The maximum atomic E-state index is 11.2. The number of amides is 3. The minimum atomic E-state index is -0.935. The van der Waals surface area contributed by atoms with Crippen LogP contribution in [0.25, 0.3) is 0 Å². The SMILES string of the molecule is COC(=O)/N=N/C(=O)Nc1ccc(OC)cc1. The number of carbonyl (C=O) groups excluding carboxylic acids is 2. The number of hydrogen-bond acceptors (Lipinski definition) is 4. The summed E-state index contributed by atoms with van der Waals surface area (Å²) in [5, 5.41) is 8.51. The Labute approximate surface area is 97.4 Å². The zero-order valence-electron chi connectivity index (χ0n) is 9.34. The van der Waals surface area contributed by atoms with E-state index < -0.39 is 12.1 Å². The van der Waals surface area contributed by atoms with E-state index in [1.807, 2.05) is 0 Å². The van der Waals surface area contributed by atoms with Crippen molar-refractivity contribution in [3.63, 3.8) is 0 Å². The summed E-state index contributed by atoms with van der Waals surface area (Å²) in [6.45, 7) is 0. The highest BCUT2D eigenvalue weighted by molar-refractivity contribution is 5.90. The number of hydrogen-bond donors (Lipinski definition) is 1. The molecule has 90 valence electrons. The van der Waals surface area contributed by atoms with Crippen LogP contribution in [-0.4, -0.2) is 26.3 Å². The van der Waals surface area contributed by atoms with Gasteiger partial charge in [0, 0.05) is 5.69 Å². The molecule has 0 aromatic heterocycles. The molecule has 0 aliphatic heterocycles. The molecule has 1 N–H and O–H groups in total. The summed E-state index contributed by atoms with van der Waals surface area (Å²) in [6, 6.07) is 5.84. The summed E-state index contributed by atoms with van der Waals surface area (Å²) in [4.78, 5) is 21.7. The molecule has 0 atom stereocenters. The van der Waals surface area contributed by atoms with Crippen molar-refractivity contribution in [2.45, 2.75) is 0 Å². The highest BCUT2D eigenvalue weighted by atomic mass is 16.5. The molecule has 17 heavy (non-hydrogen) atoms. The van der Waals surface area contributed by atoms with Crippen LogP contribution in [0.15, 0.2) is 34.5 Å². The highest BCUT2D eigenvalue weighted by Crippen LogP contribution is 2.14. The van der Waals surface area contributed by atoms with Crippen molar-refractivity contribution in [3.8, 4) is 5.75 Å². The summed E-state index contributed by atoms with van der Waals surface area (Å²) >= 11 is 0. The average molecular weight is 237 g/mol. The van der Waals surface area contributed by atoms with Gasteiger partial charge in [0.1, 0.15) is 5.75 Å². The Morgan fingerprint density at radius 2 is 1.76 bits per heavy atom. The Hall–Kier alpha value is -2.44. The summed E-state index contributed by atoms with van der Waals surface area (Å²) in [5.74, 6) is 0.666. The quantitative estimate of drug-likeness (QED) is 0.800. The molecule has 0 aliphatic carbocycles. The molecule has 0 saturated heterocycles. The van der Waals surface area contributed by atoms with E-state index in [1.54, 1.807) is 24.3 Å². The predicted molar refractivity (Wildman–Crippen MR) is 59.3 cm³/mol. The van der Waals surface area contributed by atoms with Gasteiger partial charge in [0.15, 0.2) is 0 Å². The van der Waals surface area contributed by atoms with E-state index in [2.05, 4.69) is 20.3 Å². The van der Waals surface area contributed by atoms with Gasteiger partial charge < -0.3 is 14.8 Å². The standard InChI is InChI=1S/C10H11N3O4/c1-16-8-5-3-7(4-6-8)11-9(14)12-13-10(15)17-2/h3-6H,1-2H3,(H,11,14)/b13-12+. The van der Waals surface area contributed by atoms with Gasteiger partial charge in [-0.15, -0.1) is 0 Å². The van der Waals surface area contributed by atoms with Crippen LogP contribution in [0.2, 0.25) is 0 Å². The van der Waals surface area contributed by atoms with E-state index >= 15 is 0 Å². The number of carbonyl (C=O) groups is 2. The van der Waals surface area contributed by atoms with E-state index in [0.717, 1.165) is 7.11 Å². The molecule has 0 saturated carbocycles. The van der Waals surface area contributed by atoms with Gasteiger partial charge in [-0.3, -0.25) is 0 Å².